The van der Waals surface area contributed by atoms with Gasteiger partial charge in [-0.2, -0.15) is 4.58 Å². The largest absolute Gasteiger partial charge is 0.497 e. The molecule has 2 aliphatic heterocycles. The van der Waals surface area contributed by atoms with Crippen LogP contribution in [0.25, 0.3) is 0 Å². The molecular weight excluding hydrogens is 808 g/mol. The van der Waals surface area contributed by atoms with E-state index in [1.807, 2.05) is 36.1 Å². The zero-order valence-corrected chi connectivity index (χ0v) is 39.3. The number of nitrogens with zero attached hydrogens (tertiary/aromatic N) is 3. The first-order chi connectivity index (χ1) is 28.4. The molecule has 1 aromatic heterocycles. The van der Waals surface area contributed by atoms with Gasteiger partial charge in [-0.15, -0.1) is 0 Å². The van der Waals surface area contributed by atoms with Crippen LogP contribution in [0.3, 0.4) is 0 Å². The molecule has 0 saturated heterocycles. The molecule has 328 valence electrons. The molecular formula is C48H65N3O8P2+2. The molecule has 0 bridgehead atoms. The number of benzene rings is 2. The summed E-state index contributed by atoms with van der Waals surface area (Å²) in [4.78, 5) is 41.1. The minimum atomic E-state index is -4.18. The lowest BCUT2D eigenvalue weighted by atomic mass is 9.81. The molecule has 11 nitrogen and oxygen atoms in total. The Hall–Kier alpha value is -4.08. The molecule has 0 saturated carbocycles. The summed E-state index contributed by atoms with van der Waals surface area (Å²) in [7, 11) is -4.69. The summed E-state index contributed by atoms with van der Waals surface area (Å²) in [6.45, 7) is 18.3. The van der Waals surface area contributed by atoms with E-state index in [0.717, 1.165) is 75.0 Å². The standard InChI is InChI=1S/C48H63N3O8P2/c1-33-13-19-40-38(31-33)47(5,6)42(50(40)25-11-29-60(52,53)54)21-16-34-14-15-35(44(34)59-45(46(2,3)4)36-23-27-49(9)28-24-36)17-22-43-48(7,8)39-32-37(58-10)18-20-41(39)51(43)26-12-30-61(55,56)57/h13,16-24,27-28,31-32,45H,11-12,14-15,25-26,29-30H2,1-10H3,(H2-2,52,53,54,55,56,57)/p+2. The maximum atomic E-state index is 11.9. The number of aromatic nitrogens is 1. The Kier molecular flexibility index (Phi) is 13.4. The highest BCUT2D eigenvalue weighted by atomic mass is 31.2. The van der Waals surface area contributed by atoms with Gasteiger partial charge in [-0.25, -0.2) is 4.57 Å². The fraction of sp³-hybridized carbons (Fsp3) is 0.458. The van der Waals surface area contributed by atoms with E-state index in [1.54, 1.807) is 7.11 Å². The quantitative estimate of drug-likeness (QED) is 0.0868. The zero-order valence-electron chi connectivity index (χ0n) is 37.5. The summed E-state index contributed by atoms with van der Waals surface area (Å²) in [5.41, 5.74) is 9.63. The van der Waals surface area contributed by atoms with Gasteiger partial charge in [0.05, 0.1) is 24.8 Å². The second-order valence-electron chi connectivity index (χ2n) is 18.9. The summed E-state index contributed by atoms with van der Waals surface area (Å²) < 4.78 is 40.9. The molecule has 0 radical (unpaired) electrons. The van der Waals surface area contributed by atoms with Gasteiger partial charge in [0, 0.05) is 70.6 Å². The lowest BCUT2D eigenvalue weighted by molar-refractivity contribution is -0.671. The molecule has 1 aliphatic carbocycles. The van der Waals surface area contributed by atoms with Crippen molar-refractivity contribution in [3.63, 3.8) is 0 Å². The second kappa shape index (κ2) is 17.6. The van der Waals surface area contributed by atoms with Crippen molar-refractivity contribution in [1.29, 1.82) is 0 Å². The topological polar surface area (TPSA) is 144 Å². The van der Waals surface area contributed by atoms with Gasteiger partial charge in [-0.05, 0) is 87.1 Å². The molecule has 0 spiro atoms. The van der Waals surface area contributed by atoms with Crippen molar-refractivity contribution < 1.29 is 47.3 Å². The molecule has 3 heterocycles. The van der Waals surface area contributed by atoms with Crippen molar-refractivity contribution in [3.8, 4) is 5.75 Å². The molecule has 2 aromatic carbocycles. The first-order valence-electron chi connectivity index (χ1n) is 21.2. The monoisotopic (exact) mass is 873 g/mol. The smallest absolute Gasteiger partial charge is 0.325 e. The fourth-order valence-corrected chi connectivity index (χ4v) is 10.1. The van der Waals surface area contributed by atoms with Crippen LogP contribution in [0.15, 0.2) is 108 Å². The van der Waals surface area contributed by atoms with Crippen LogP contribution in [-0.4, -0.2) is 62.4 Å². The summed E-state index contributed by atoms with van der Waals surface area (Å²) in [6.07, 6.45) is 14.2. The Balaban J connectivity index is 1.48. The normalized spacial score (nSPS) is 19.4. The van der Waals surface area contributed by atoms with Crippen molar-refractivity contribution in [2.24, 2.45) is 12.5 Å². The number of anilines is 1. The van der Waals surface area contributed by atoms with Gasteiger partial charge in [-0.1, -0.05) is 58.4 Å². The van der Waals surface area contributed by atoms with E-state index >= 15 is 0 Å². The van der Waals surface area contributed by atoms with Gasteiger partial charge in [0.2, 0.25) is 5.69 Å². The number of rotatable bonds is 15. The molecule has 6 rings (SSSR count). The number of aryl methyl sites for hydroxylation is 2. The molecule has 1 unspecified atom stereocenters. The number of pyridine rings is 1. The molecule has 3 aliphatic rings. The molecule has 1 atom stereocenters. The number of hydrogen-bond acceptors (Lipinski definition) is 5. The van der Waals surface area contributed by atoms with Crippen LogP contribution in [-0.2, 0) is 31.7 Å². The first-order valence-corrected chi connectivity index (χ1v) is 24.8. The molecule has 0 fully saturated rings. The third-order valence-corrected chi connectivity index (χ3v) is 14.1. The van der Waals surface area contributed by atoms with Crippen molar-refractivity contribution in [3.05, 3.63) is 130 Å². The fourth-order valence-electron chi connectivity index (χ4n) is 9.00. The minimum absolute atomic E-state index is 0.183. The average Bonchev–Trinajstić information content (AvgIpc) is 3.71. The number of methoxy groups -OCH3 is 1. The third kappa shape index (κ3) is 10.4. The van der Waals surface area contributed by atoms with Gasteiger partial charge in [-0.3, -0.25) is 9.13 Å². The summed E-state index contributed by atoms with van der Waals surface area (Å²) >= 11 is 0. The predicted octanol–water partition coefficient (Wildman–Crippen LogP) is 9.36. The molecule has 3 aromatic rings. The van der Waals surface area contributed by atoms with E-state index < -0.39 is 20.6 Å². The van der Waals surface area contributed by atoms with Crippen LogP contribution >= 0.6 is 15.2 Å². The lowest BCUT2D eigenvalue weighted by Gasteiger charge is -2.32. The number of fused-ring (bicyclic) bond motifs is 2. The van der Waals surface area contributed by atoms with E-state index in [-0.39, 0.29) is 29.3 Å². The van der Waals surface area contributed by atoms with Crippen LogP contribution in [0, 0.1) is 12.3 Å². The van der Waals surface area contributed by atoms with Crippen molar-refractivity contribution >= 4 is 32.3 Å². The maximum Gasteiger partial charge on any atom is 0.325 e. The Morgan fingerprint density at radius 1 is 0.852 bits per heavy atom. The van der Waals surface area contributed by atoms with E-state index in [1.165, 1.54) is 5.56 Å². The van der Waals surface area contributed by atoms with Crippen LogP contribution in [0.5, 0.6) is 5.75 Å². The van der Waals surface area contributed by atoms with Crippen molar-refractivity contribution in [1.82, 2.24) is 0 Å². The highest BCUT2D eigenvalue weighted by Crippen LogP contribution is 2.50. The lowest BCUT2D eigenvalue weighted by Crippen LogP contribution is -2.28. The molecule has 13 heteroatoms. The summed E-state index contributed by atoms with van der Waals surface area (Å²) in [5.74, 6) is 1.57. The highest BCUT2D eigenvalue weighted by Gasteiger charge is 2.45. The van der Waals surface area contributed by atoms with Gasteiger partial charge in [0.1, 0.15) is 31.2 Å². The van der Waals surface area contributed by atoms with Gasteiger partial charge >= 0.3 is 15.2 Å². The number of hydrogen-bond donors (Lipinski definition) is 4. The van der Waals surface area contributed by atoms with Gasteiger partial charge in [0.15, 0.2) is 18.1 Å². The average molecular weight is 874 g/mol. The third-order valence-electron chi connectivity index (χ3n) is 12.3. The van der Waals surface area contributed by atoms with Crippen LogP contribution < -0.4 is 14.2 Å². The number of allylic oxidation sites excluding steroid dienone is 7. The summed E-state index contributed by atoms with van der Waals surface area (Å²) in [6, 6.07) is 16.6. The Morgan fingerprint density at radius 2 is 1.52 bits per heavy atom. The number of ether oxygens (including phenoxy) is 2. The van der Waals surface area contributed by atoms with E-state index in [4.69, 9.17) is 9.47 Å². The SMILES string of the molecule is COc1ccc2c(c1)C(C)(C)C(/C=C/C1=C(OC(c3cc[n+](C)cc3)C(C)(C)C)C(=C/C=C3/N(CCCP(=O)(O)O)c4ccc(C)cc4C3(C)C)/CC1)=[N+]2CCCP(=O)(O)O. The van der Waals surface area contributed by atoms with E-state index in [2.05, 4.69) is 126 Å². The van der Waals surface area contributed by atoms with Gasteiger partial charge < -0.3 is 33.9 Å². The Morgan fingerprint density at radius 3 is 2.16 bits per heavy atom. The highest BCUT2D eigenvalue weighted by molar-refractivity contribution is 7.52. The summed E-state index contributed by atoms with van der Waals surface area (Å²) in [5, 5.41) is 0. The second-order valence-corrected chi connectivity index (χ2v) is 22.5. The predicted molar refractivity (Wildman–Crippen MR) is 243 cm³/mol. The Labute approximate surface area is 362 Å². The van der Waals surface area contributed by atoms with Crippen LogP contribution in [0.1, 0.15) is 103 Å². The van der Waals surface area contributed by atoms with E-state index in [0.29, 0.717) is 25.9 Å². The zero-order chi connectivity index (χ0) is 44.7. The van der Waals surface area contributed by atoms with Crippen molar-refractivity contribution in [2.75, 3.05) is 37.4 Å². The van der Waals surface area contributed by atoms with Gasteiger partial charge in [0.25, 0.3) is 0 Å². The van der Waals surface area contributed by atoms with Crippen LogP contribution in [0.2, 0.25) is 0 Å². The van der Waals surface area contributed by atoms with E-state index in [9.17, 15) is 28.7 Å². The molecule has 0 amide bonds. The minimum Gasteiger partial charge on any atom is -0.497 e. The molecule has 61 heavy (non-hydrogen) atoms. The first kappa shape index (κ1) is 46.4. The van der Waals surface area contributed by atoms with Crippen LogP contribution in [0.4, 0.5) is 11.4 Å². The maximum absolute atomic E-state index is 11.9. The Bertz CT molecular complexity index is 2410. The van der Waals surface area contributed by atoms with Crippen molar-refractivity contribution in [2.45, 2.75) is 98.0 Å². The molecule has 4 N–H and O–H groups in total.